The number of nitrogens with one attached hydrogen (secondary N) is 1. The summed E-state index contributed by atoms with van der Waals surface area (Å²) in [6.07, 6.45) is 0.906. The Bertz CT molecular complexity index is 397. The van der Waals surface area contributed by atoms with Gasteiger partial charge in [0.25, 0.3) is 5.91 Å². The van der Waals surface area contributed by atoms with E-state index < -0.39 is 0 Å². The van der Waals surface area contributed by atoms with Gasteiger partial charge in [-0.25, -0.2) is 0 Å². The van der Waals surface area contributed by atoms with Gasteiger partial charge in [-0.15, -0.1) is 0 Å². The fourth-order valence-corrected chi connectivity index (χ4v) is 1.61. The summed E-state index contributed by atoms with van der Waals surface area (Å²) in [5.74, 6) is 0.109. The highest BCUT2D eigenvalue weighted by molar-refractivity contribution is 5.97. The lowest BCUT2D eigenvalue weighted by molar-refractivity contribution is 0.0735. The van der Waals surface area contributed by atoms with Crippen molar-refractivity contribution in [2.45, 2.75) is 46.1 Å². The largest absolute Gasteiger partial charge is 0.395 e. The van der Waals surface area contributed by atoms with Crippen molar-refractivity contribution in [3.8, 4) is 0 Å². The number of nitrogens with zero attached hydrogens (tertiary/aromatic N) is 2. The normalized spacial score (nSPS) is 12.8. The minimum atomic E-state index is -0.125. The number of amides is 1. The number of aromatic amines is 1. The van der Waals surface area contributed by atoms with E-state index in [-0.39, 0.29) is 17.9 Å². The van der Waals surface area contributed by atoms with Crippen molar-refractivity contribution in [2.24, 2.45) is 0 Å². The van der Waals surface area contributed by atoms with Gasteiger partial charge in [-0.3, -0.25) is 9.89 Å². The standard InChI is InChI=1S/C12H22N4O/c1-6-8(4)16(5)12(17)11-9(13)10(7(2)3)14-15-11/h7-8H,6,13H2,1-5H3,(H,14,15). The number of anilines is 1. The van der Waals surface area contributed by atoms with Crippen molar-refractivity contribution in [3.05, 3.63) is 11.4 Å². The summed E-state index contributed by atoms with van der Waals surface area (Å²) in [5.41, 5.74) is 7.57. The fourth-order valence-electron chi connectivity index (χ4n) is 1.61. The van der Waals surface area contributed by atoms with Gasteiger partial charge in [0.1, 0.15) is 0 Å². The number of nitrogen functional groups attached to an aromatic ring is 1. The Balaban J connectivity index is 2.97. The second-order valence-corrected chi connectivity index (χ2v) is 4.73. The molecule has 0 saturated heterocycles. The highest BCUT2D eigenvalue weighted by Crippen LogP contribution is 2.23. The highest BCUT2D eigenvalue weighted by Gasteiger charge is 2.23. The number of aromatic nitrogens is 2. The van der Waals surface area contributed by atoms with Crippen LogP contribution in [-0.2, 0) is 0 Å². The Morgan fingerprint density at radius 3 is 2.47 bits per heavy atom. The average molecular weight is 238 g/mol. The van der Waals surface area contributed by atoms with Gasteiger partial charge in [0.2, 0.25) is 0 Å². The summed E-state index contributed by atoms with van der Waals surface area (Å²) < 4.78 is 0. The van der Waals surface area contributed by atoms with Crippen LogP contribution in [0.3, 0.4) is 0 Å². The molecule has 1 aromatic heterocycles. The van der Waals surface area contributed by atoms with Crippen LogP contribution < -0.4 is 5.73 Å². The first-order valence-corrected chi connectivity index (χ1v) is 6.01. The van der Waals surface area contributed by atoms with Crippen molar-refractivity contribution in [2.75, 3.05) is 12.8 Å². The molecule has 0 aliphatic heterocycles. The molecule has 1 aromatic rings. The molecule has 1 amide bonds. The van der Waals surface area contributed by atoms with Crippen LogP contribution in [0.5, 0.6) is 0 Å². The van der Waals surface area contributed by atoms with E-state index in [1.807, 2.05) is 27.7 Å². The Kier molecular flexibility index (Phi) is 4.15. The van der Waals surface area contributed by atoms with Crippen molar-refractivity contribution in [1.29, 1.82) is 0 Å². The van der Waals surface area contributed by atoms with Crippen molar-refractivity contribution in [3.63, 3.8) is 0 Å². The number of carbonyl (C=O) groups excluding carboxylic acids is 1. The predicted molar refractivity (Wildman–Crippen MR) is 68.9 cm³/mol. The third-order valence-electron chi connectivity index (χ3n) is 3.19. The lowest BCUT2D eigenvalue weighted by Crippen LogP contribution is -2.35. The molecule has 0 aliphatic rings. The molecule has 0 aliphatic carbocycles. The minimum Gasteiger partial charge on any atom is -0.395 e. The maximum Gasteiger partial charge on any atom is 0.276 e. The van der Waals surface area contributed by atoms with E-state index in [0.717, 1.165) is 12.1 Å². The molecule has 1 heterocycles. The Morgan fingerprint density at radius 2 is 2.06 bits per heavy atom. The number of carbonyl (C=O) groups is 1. The molecular formula is C12H22N4O. The maximum atomic E-state index is 12.2. The molecular weight excluding hydrogens is 216 g/mol. The molecule has 0 saturated carbocycles. The Hall–Kier alpha value is -1.52. The minimum absolute atomic E-state index is 0.125. The summed E-state index contributed by atoms with van der Waals surface area (Å²) in [4.78, 5) is 13.8. The zero-order valence-corrected chi connectivity index (χ0v) is 11.2. The monoisotopic (exact) mass is 238 g/mol. The first-order valence-electron chi connectivity index (χ1n) is 6.01. The smallest absolute Gasteiger partial charge is 0.276 e. The van der Waals surface area contributed by atoms with Gasteiger partial charge in [0, 0.05) is 13.1 Å². The SMILES string of the molecule is CCC(C)N(C)C(=O)c1n[nH]c(C(C)C)c1N. The first kappa shape index (κ1) is 13.5. The lowest BCUT2D eigenvalue weighted by atomic mass is 10.1. The van der Waals surface area contributed by atoms with Crippen molar-refractivity contribution in [1.82, 2.24) is 15.1 Å². The van der Waals surface area contributed by atoms with Crippen LogP contribution in [0.1, 0.15) is 56.2 Å². The molecule has 17 heavy (non-hydrogen) atoms. The molecule has 0 fully saturated rings. The molecule has 1 rings (SSSR count). The van der Waals surface area contributed by atoms with Crippen LogP contribution in [0.4, 0.5) is 5.69 Å². The second kappa shape index (κ2) is 5.21. The summed E-state index contributed by atoms with van der Waals surface area (Å²) in [6, 6.07) is 0.182. The molecule has 0 aromatic carbocycles. The van der Waals surface area contributed by atoms with Gasteiger partial charge in [-0.1, -0.05) is 20.8 Å². The van der Waals surface area contributed by atoms with Crippen LogP contribution in [0, 0.1) is 0 Å². The van der Waals surface area contributed by atoms with Crippen LogP contribution in [0.25, 0.3) is 0 Å². The van der Waals surface area contributed by atoms with E-state index in [1.165, 1.54) is 0 Å². The quantitative estimate of drug-likeness (QED) is 0.842. The van der Waals surface area contributed by atoms with Gasteiger partial charge in [-0.05, 0) is 19.3 Å². The number of hydrogen-bond donors (Lipinski definition) is 2. The number of nitrogens with two attached hydrogens (primary N) is 1. The molecule has 5 nitrogen and oxygen atoms in total. The third-order valence-corrected chi connectivity index (χ3v) is 3.19. The molecule has 96 valence electrons. The number of H-pyrrole nitrogens is 1. The zero-order chi connectivity index (χ0) is 13.2. The highest BCUT2D eigenvalue weighted by atomic mass is 16.2. The van der Waals surface area contributed by atoms with E-state index in [4.69, 9.17) is 5.73 Å². The number of rotatable bonds is 4. The lowest BCUT2D eigenvalue weighted by Gasteiger charge is -2.23. The van der Waals surface area contributed by atoms with E-state index >= 15 is 0 Å². The van der Waals surface area contributed by atoms with E-state index in [0.29, 0.717) is 11.4 Å². The van der Waals surface area contributed by atoms with Gasteiger partial charge in [-0.2, -0.15) is 5.10 Å². The molecule has 1 atom stereocenters. The first-order chi connectivity index (χ1) is 7.90. The predicted octanol–water partition coefficient (Wildman–Crippen LogP) is 1.99. The number of hydrogen-bond acceptors (Lipinski definition) is 3. The molecule has 0 radical (unpaired) electrons. The van der Waals surface area contributed by atoms with Gasteiger partial charge in [0.05, 0.1) is 11.4 Å². The summed E-state index contributed by atoms with van der Waals surface area (Å²) >= 11 is 0. The van der Waals surface area contributed by atoms with Crippen LogP contribution in [0.15, 0.2) is 0 Å². The van der Waals surface area contributed by atoms with E-state index in [9.17, 15) is 4.79 Å². The summed E-state index contributed by atoms with van der Waals surface area (Å²) in [5, 5.41) is 6.88. The van der Waals surface area contributed by atoms with Crippen molar-refractivity contribution >= 4 is 11.6 Å². The summed E-state index contributed by atoms with van der Waals surface area (Å²) in [7, 11) is 1.78. The topological polar surface area (TPSA) is 75.0 Å². The summed E-state index contributed by atoms with van der Waals surface area (Å²) in [6.45, 7) is 8.07. The van der Waals surface area contributed by atoms with Crippen LogP contribution >= 0.6 is 0 Å². The van der Waals surface area contributed by atoms with Gasteiger partial charge in [0.15, 0.2) is 5.69 Å². The van der Waals surface area contributed by atoms with Gasteiger partial charge >= 0.3 is 0 Å². The maximum absolute atomic E-state index is 12.2. The van der Waals surface area contributed by atoms with Crippen molar-refractivity contribution < 1.29 is 4.79 Å². The van der Waals surface area contributed by atoms with E-state index in [1.54, 1.807) is 11.9 Å². The molecule has 5 heteroatoms. The molecule has 3 N–H and O–H groups in total. The second-order valence-electron chi connectivity index (χ2n) is 4.73. The van der Waals surface area contributed by atoms with Gasteiger partial charge < -0.3 is 10.6 Å². The van der Waals surface area contributed by atoms with E-state index in [2.05, 4.69) is 10.2 Å². The average Bonchev–Trinajstić information content (AvgIpc) is 2.68. The van der Waals surface area contributed by atoms with Crippen LogP contribution in [0.2, 0.25) is 0 Å². The molecule has 0 bridgehead atoms. The zero-order valence-electron chi connectivity index (χ0n) is 11.2. The third kappa shape index (κ3) is 2.60. The Morgan fingerprint density at radius 1 is 1.47 bits per heavy atom. The van der Waals surface area contributed by atoms with Crippen LogP contribution in [-0.4, -0.2) is 34.1 Å². The Labute approximate surface area is 102 Å². The molecule has 0 spiro atoms. The fraction of sp³-hybridized carbons (Fsp3) is 0.667. The molecule has 1 unspecified atom stereocenters.